The van der Waals surface area contributed by atoms with E-state index in [4.69, 9.17) is 0 Å². The Bertz CT molecular complexity index is 214. The second-order valence-electron chi connectivity index (χ2n) is 7.96. The van der Waals surface area contributed by atoms with Gasteiger partial charge in [0, 0.05) is 0 Å². The summed E-state index contributed by atoms with van der Waals surface area (Å²) in [6.07, 6.45) is 26.1. The van der Waals surface area contributed by atoms with Crippen LogP contribution in [0.4, 0.5) is 0 Å². The minimum absolute atomic E-state index is 1.26. The highest BCUT2D eigenvalue weighted by molar-refractivity contribution is 4.53. The fraction of sp³-hybridized carbons (Fsp3) is 1.00. The molecule has 0 radical (unpaired) electrons. The van der Waals surface area contributed by atoms with Crippen LogP contribution in [0.25, 0.3) is 0 Å². The van der Waals surface area contributed by atoms with E-state index >= 15 is 0 Å². The molecule has 0 aliphatic rings. The van der Waals surface area contributed by atoms with E-state index in [-0.39, 0.29) is 0 Å². The van der Waals surface area contributed by atoms with Crippen molar-refractivity contribution in [1.82, 2.24) is 4.90 Å². The molecule has 0 saturated carbocycles. The van der Waals surface area contributed by atoms with Gasteiger partial charge in [0.25, 0.3) is 0 Å². The molecular formula is C23H49N. The molecule has 0 fully saturated rings. The molecule has 1 nitrogen and oxygen atoms in total. The molecule has 0 aliphatic heterocycles. The first kappa shape index (κ1) is 24.0. The molecule has 0 amide bonds. The Balaban J connectivity index is 3.00. The molecule has 0 saturated heterocycles. The highest BCUT2D eigenvalue weighted by Crippen LogP contribution is 2.14. The lowest BCUT2D eigenvalue weighted by atomic mass is 10.0. The van der Waals surface area contributed by atoms with Crippen molar-refractivity contribution < 1.29 is 0 Å². The lowest BCUT2D eigenvalue weighted by molar-refractivity contribution is 0.324. The summed E-state index contributed by atoms with van der Waals surface area (Å²) in [5.41, 5.74) is 0. The molecule has 0 aromatic rings. The molecule has 0 aliphatic carbocycles. The summed E-state index contributed by atoms with van der Waals surface area (Å²) in [5.74, 6) is 0. The smallest absolute Gasteiger partial charge is 0.00218 e. The Hall–Kier alpha value is -0.0400. The van der Waals surface area contributed by atoms with E-state index in [0.717, 1.165) is 0 Å². The quantitative estimate of drug-likeness (QED) is 0.203. The molecular weight excluding hydrogens is 290 g/mol. The molecule has 146 valence electrons. The Morgan fingerprint density at radius 1 is 0.375 bits per heavy atom. The Labute approximate surface area is 155 Å². The van der Waals surface area contributed by atoms with Gasteiger partial charge in [0.2, 0.25) is 0 Å². The molecule has 24 heavy (non-hydrogen) atoms. The first-order valence-electron chi connectivity index (χ1n) is 11.5. The number of hydrogen-bond donors (Lipinski definition) is 0. The number of hydrogen-bond acceptors (Lipinski definition) is 1. The van der Waals surface area contributed by atoms with Crippen LogP contribution in [0.3, 0.4) is 0 Å². The van der Waals surface area contributed by atoms with Gasteiger partial charge in [0.1, 0.15) is 0 Å². The summed E-state index contributed by atoms with van der Waals surface area (Å²) in [6, 6.07) is 0. The van der Waals surface area contributed by atoms with Crippen LogP contribution in [-0.2, 0) is 0 Å². The Kier molecular flexibility index (Phi) is 21.0. The van der Waals surface area contributed by atoms with Gasteiger partial charge in [0.05, 0.1) is 0 Å². The van der Waals surface area contributed by atoms with Gasteiger partial charge in [-0.2, -0.15) is 0 Å². The van der Waals surface area contributed by atoms with E-state index in [1.165, 1.54) is 129 Å². The third kappa shape index (κ3) is 20.0. The Morgan fingerprint density at radius 3 is 1.04 bits per heavy atom. The van der Waals surface area contributed by atoms with Crippen LogP contribution in [0.1, 0.15) is 129 Å². The zero-order chi connectivity index (χ0) is 17.7. The van der Waals surface area contributed by atoms with Crippen LogP contribution in [0.15, 0.2) is 0 Å². The third-order valence-corrected chi connectivity index (χ3v) is 5.25. The fourth-order valence-corrected chi connectivity index (χ4v) is 3.60. The highest BCUT2D eigenvalue weighted by atomic mass is 15.1. The summed E-state index contributed by atoms with van der Waals surface area (Å²) >= 11 is 0. The maximum absolute atomic E-state index is 2.48. The summed E-state index contributed by atoms with van der Waals surface area (Å²) in [6.45, 7) is 7.13. The zero-order valence-corrected chi connectivity index (χ0v) is 17.6. The SMILES string of the molecule is CCCCCCCCCCCCCCCCCCCN(C)CCC. The van der Waals surface area contributed by atoms with E-state index in [1.54, 1.807) is 0 Å². The Morgan fingerprint density at radius 2 is 0.708 bits per heavy atom. The fourth-order valence-electron chi connectivity index (χ4n) is 3.60. The van der Waals surface area contributed by atoms with E-state index in [9.17, 15) is 0 Å². The molecule has 0 unspecified atom stereocenters. The van der Waals surface area contributed by atoms with Crippen LogP contribution in [-0.4, -0.2) is 25.0 Å². The van der Waals surface area contributed by atoms with Gasteiger partial charge >= 0.3 is 0 Å². The normalized spacial score (nSPS) is 11.5. The van der Waals surface area contributed by atoms with Crippen molar-refractivity contribution in [3.05, 3.63) is 0 Å². The van der Waals surface area contributed by atoms with Crippen molar-refractivity contribution in [3.63, 3.8) is 0 Å². The molecule has 0 aromatic heterocycles. The van der Waals surface area contributed by atoms with E-state index < -0.39 is 0 Å². The molecule has 0 aromatic carbocycles. The minimum Gasteiger partial charge on any atom is -0.306 e. The van der Waals surface area contributed by atoms with Crippen molar-refractivity contribution in [2.24, 2.45) is 0 Å². The summed E-state index contributed by atoms with van der Waals surface area (Å²) in [7, 11) is 2.26. The van der Waals surface area contributed by atoms with Crippen molar-refractivity contribution in [3.8, 4) is 0 Å². The lowest BCUT2D eigenvalue weighted by Crippen LogP contribution is -2.20. The van der Waals surface area contributed by atoms with Crippen molar-refractivity contribution in [2.45, 2.75) is 129 Å². The van der Waals surface area contributed by atoms with Crippen LogP contribution >= 0.6 is 0 Å². The third-order valence-electron chi connectivity index (χ3n) is 5.25. The van der Waals surface area contributed by atoms with Crippen LogP contribution < -0.4 is 0 Å². The lowest BCUT2D eigenvalue weighted by Gasteiger charge is -2.14. The standard InChI is InChI=1S/C23H49N/c1-4-6-7-8-9-10-11-12-13-14-15-16-17-18-19-20-21-23-24(3)22-5-2/h4-23H2,1-3H3. The summed E-state index contributed by atoms with van der Waals surface area (Å²) in [4.78, 5) is 2.48. The molecule has 0 rings (SSSR count). The second kappa shape index (κ2) is 21.0. The van der Waals surface area contributed by atoms with E-state index in [0.29, 0.717) is 0 Å². The molecule has 0 heterocycles. The molecule has 1 heteroatoms. The molecule has 0 spiro atoms. The molecule has 0 N–H and O–H groups in total. The average molecular weight is 340 g/mol. The van der Waals surface area contributed by atoms with Gasteiger partial charge in [-0.1, -0.05) is 117 Å². The first-order valence-corrected chi connectivity index (χ1v) is 11.5. The van der Waals surface area contributed by atoms with E-state index in [2.05, 4.69) is 25.8 Å². The first-order chi connectivity index (χ1) is 11.8. The van der Waals surface area contributed by atoms with Gasteiger partial charge in [-0.3, -0.25) is 0 Å². The van der Waals surface area contributed by atoms with Crippen LogP contribution in [0, 0.1) is 0 Å². The monoisotopic (exact) mass is 339 g/mol. The number of unbranched alkanes of at least 4 members (excludes halogenated alkanes) is 16. The van der Waals surface area contributed by atoms with Gasteiger partial charge in [-0.05, 0) is 33.0 Å². The van der Waals surface area contributed by atoms with Gasteiger partial charge in [-0.15, -0.1) is 0 Å². The predicted molar refractivity (Wildman–Crippen MR) is 112 cm³/mol. The van der Waals surface area contributed by atoms with Crippen molar-refractivity contribution in [2.75, 3.05) is 20.1 Å². The summed E-state index contributed by atoms with van der Waals surface area (Å²) in [5, 5.41) is 0. The predicted octanol–water partition coefficient (Wildman–Crippen LogP) is 7.98. The largest absolute Gasteiger partial charge is 0.306 e. The van der Waals surface area contributed by atoms with E-state index in [1.807, 2.05) is 0 Å². The minimum atomic E-state index is 1.26. The van der Waals surface area contributed by atoms with Crippen molar-refractivity contribution in [1.29, 1.82) is 0 Å². The van der Waals surface area contributed by atoms with Gasteiger partial charge in [-0.25, -0.2) is 0 Å². The van der Waals surface area contributed by atoms with Crippen molar-refractivity contribution >= 4 is 0 Å². The summed E-state index contributed by atoms with van der Waals surface area (Å²) < 4.78 is 0. The maximum atomic E-state index is 2.48. The van der Waals surface area contributed by atoms with Gasteiger partial charge in [0.15, 0.2) is 0 Å². The highest BCUT2D eigenvalue weighted by Gasteiger charge is 1.97. The maximum Gasteiger partial charge on any atom is -0.00218 e. The van der Waals surface area contributed by atoms with Gasteiger partial charge < -0.3 is 4.90 Å². The average Bonchev–Trinajstić information content (AvgIpc) is 2.58. The van der Waals surface area contributed by atoms with Crippen LogP contribution in [0.2, 0.25) is 0 Å². The number of rotatable bonds is 20. The number of nitrogens with zero attached hydrogens (tertiary/aromatic N) is 1. The molecule has 0 bridgehead atoms. The van der Waals surface area contributed by atoms with Crippen LogP contribution in [0.5, 0.6) is 0 Å². The molecule has 0 atom stereocenters. The zero-order valence-electron chi connectivity index (χ0n) is 17.6. The second-order valence-corrected chi connectivity index (χ2v) is 7.96. The topological polar surface area (TPSA) is 3.24 Å².